The molecule has 0 bridgehead atoms. The lowest BCUT2D eigenvalue weighted by molar-refractivity contribution is -0.111. The minimum Gasteiger partial charge on any atom is -0.465 e. The number of ether oxygens (including phenoxy) is 2. The molecule has 0 aliphatic carbocycles. The third-order valence-corrected chi connectivity index (χ3v) is 5.06. The van der Waals surface area contributed by atoms with Crippen LogP contribution in [0.15, 0.2) is 24.3 Å². The number of halogens is 2. The number of thiophene rings is 1. The smallest absolute Gasteiger partial charge is 0.348 e. The van der Waals surface area contributed by atoms with Gasteiger partial charge < -0.3 is 14.8 Å². The predicted molar refractivity (Wildman–Crippen MR) is 101 cm³/mol. The zero-order valence-electron chi connectivity index (χ0n) is 14.6. The van der Waals surface area contributed by atoms with E-state index in [2.05, 4.69) is 10.1 Å². The van der Waals surface area contributed by atoms with Gasteiger partial charge in [0.05, 0.1) is 24.8 Å². The Morgan fingerprint density at radius 1 is 1.19 bits per heavy atom. The summed E-state index contributed by atoms with van der Waals surface area (Å²) in [7, 11) is 2.39. The van der Waals surface area contributed by atoms with Crippen LogP contribution < -0.4 is 5.32 Å². The number of nitrogens with one attached hydrogen (secondary N) is 1. The van der Waals surface area contributed by atoms with E-state index in [1.165, 1.54) is 38.5 Å². The molecule has 0 aliphatic rings. The molecule has 2 aromatic rings. The molecule has 1 amide bonds. The van der Waals surface area contributed by atoms with Crippen LogP contribution in [0, 0.1) is 12.7 Å². The largest absolute Gasteiger partial charge is 0.465 e. The topological polar surface area (TPSA) is 81.7 Å². The van der Waals surface area contributed by atoms with E-state index >= 15 is 0 Å². The highest BCUT2D eigenvalue weighted by molar-refractivity contribution is 7.18. The van der Waals surface area contributed by atoms with Crippen molar-refractivity contribution >= 4 is 51.9 Å². The van der Waals surface area contributed by atoms with E-state index in [0.717, 1.165) is 17.4 Å². The molecule has 142 valence electrons. The number of carbonyl (C=O) groups excluding carboxylic acids is 3. The number of benzene rings is 1. The molecule has 27 heavy (non-hydrogen) atoms. The molecule has 0 saturated heterocycles. The van der Waals surface area contributed by atoms with Gasteiger partial charge in [-0.3, -0.25) is 4.79 Å². The number of esters is 2. The van der Waals surface area contributed by atoms with Crippen LogP contribution in [0.4, 0.5) is 9.39 Å². The molecule has 9 heteroatoms. The Hall–Kier alpha value is -2.71. The van der Waals surface area contributed by atoms with E-state index in [4.69, 9.17) is 16.3 Å². The highest BCUT2D eigenvalue weighted by Crippen LogP contribution is 2.34. The molecule has 1 heterocycles. The van der Waals surface area contributed by atoms with Crippen molar-refractivity contribution in [2.24, 2.45) is 0 Å². The van der Waals surface area contributed by atoms with Gasteiger partial charge in [-0.25, -0.2) is 14.0 Å². The van der Waals surface area contributed by atoms with Crippen LogP contribution in [0.5, 0.6) is 0 Å². The maximum absolute atomic E-state index is 13.7. The summed E-state index contributed by atoms with van der Waals surface area (Å²) in [5, 5.41) is 2.76. The van der Waals surface area contributed by atoms with Gasteiger partial charge in [-0.1, -0.05) is 17.7 Å². The molecule has 2 rings (SSSR count). The van der Waals surface area contributed by atoms with Crippen LogP contribution in [0.1, 0.15) is 31.2 Å². The van der Waals surface area contributed by atoms with E-state index in [1.807, 2.05) is 0 Å². The van der Waals surface area contributed by atoms with Gasteiger partial charge in [0.2, 0.25) is 5.91 Å². The van der Waals surface area contributed by atoms with Gasteiger partial charge in [-0.05, 0) is 30.7 Å². The second kappa shape index (κ2) is 8.79. The lowest BCUT2D eigenvalue weighted by Gasteiger charge is -2.04. The molecular weight excluding hydrogens is 397 g/mol. The number of amides is 1. The van der Waals surface area contributed by atoms with Crippen molar-refractivity contribution in [3.8, 4) is 0 Å². The minimum atomic E-state index is -0.713. The third-order valence-electron chi connectivity index (χ3n) is 3.54. The van der Waals surface area contributed by atoms with Crippen LogP contribution in [0.3, 0.4) is 0 Å². The van der Waals surface area contributed by atoms with E-state index < -0.39 is 23.7 Å². The van der Waals surface area contributed by atoms with Gasteiger partial charge in [-0.15, -0.1) is 11.3 Å². The normalized spacial score (nSPS) is 10.7. The summed E-state index contributed by atoms with van der Waals surface area (Å²) in [4.78, 5) is 36.2. The Bertz CT molecular complexity index is 918. The van der Waals surface area contributed by atoms with Crippen molar-refractivity contribution in [2.75, 3.05) is 19.5 Å². The molecule has 0 saturated carbocycles. The highest BCUT2D eigenvalue weighted by atomic mass is 35.5. The molecule has 1 aromatic carbocycles. The van der Waals surface area contributed by atoms with Gasteiger partial charge in [0.1, 0.15) is 15.7 Å². The van der Waals surface area contributed by atoms with Gasteiger partial charge in [0.15, 0.2) is 0 Å². The molecule has 0 spiro atoms. The Balaban J connectivity index is 2.33. The van der Waals surface area contributed by atoms with E-state index in [-0.39, 0.29) is 26.0 Å². The standard InChI is InChI=1S/C18H15ClFNO5S/c1-9-14(17(23)25-2)16(27-15(9)18(24)26-3)21-13(22)8-7-10-11(19)5-4-6-12(10)20/h4-8H,1-3H3,(H,21,22). The SMILES string of the molecule is COC(=O)c1sc(NC(=O)C=Cc2c(F)cccc2Cl)c(C(=O)OC)c1C. The van der Waals surface area contributed by atoms with E-state index in [9.17, 15) is 18.8 Å². The average Bonchev–Trinajstić information content (AvgIpc) is 2.96. The Labute approximate surface area is 163 Å². The van der Waals surface area contributed by atoms with Crippen LogP contribution in [0.2, 0.25) is 5.02 Å². The molecule has 0 fully saturated rings. The van der Waals surface area contributed by atoms with Gasteiger partial charge in [0.25, 0.3) is 0 Å². The second-order valence-corrected chi connectivity index (χ2v) is 6.63. The number of methoxy groups -OCH3 is 2. The average molecular weight is 412 g/mol. The molecule has 0 unspecified atom stereocenters. The van der Waals surface area contributed by atoms with Crippen LogP contribution >= 0.6 is 22.9 Å². The van der Waals surface area contributed by atoms with E-state index in [1.54, 1.807) is 6.92 Å². The monoisotopic (exact) mass is 411 g/mol. The molecule has 6 nitrogen and oxygen atoms in total. The van der Waals surface area contributed by atoms with Crippen molar-refractivity contribution in [1.82, 2.24) is 0 Å². The minimum absolute atomic E-state index is 0.0496. The van der Waals surface area contributed by atoms with Crippen molar-refractivity contribution in [1.29, 1.82) is 0 Å². The molecule has 1 N–H and O–H groups in total. The molecule has 0 atom stereocenters. The van der Waals surface area contributed by atoms with E-state index in [0.29, 0.717) is 5.56 Å². The first kappa shape index (κ1) is 20.6. The van der Waals surface area contributed by atoms with Gasteiger partial charge >= 0.3 is 11.9 Å². The van der Waals surface area contributed by atoms with Crippen LogP contribution in [0.25, 0.3) is 6.08 Å². The summed E-state index contributed by atoms with van der Waals surface area (Å²) in [5.74, 6) is -2.58. The van der Waals surface area contributed by atoms with Crippen LogP contribution in [-0.4, -0.2) is 32.1 Å². The summed E-state index contributed by atoms with van der Waals surface area (Å²) in [6.45, 7) is 1.54. The first-order valence-electron chi connectivity index (χ1n) is 7.53. The molecule has 0 radical (unpaired) electrons. The zero-order chi connectivity index (χ0) is 20.1. The number of anilines is 1. The summed E-state index contributed by atoms with van der Waals surface area (Å²) in [6.07, 6.45) is 2.28. The summed E-state index contributed by atoms with van der Waals surface area (Å²) < 4.78 is 23.1. The highest BCUT2D eigenvalue weighted by Gasteiger charge is 2.26. The first-order chi connectivity index (χ1) is 12.8. The maximum atomic E-state index is 13.7. The summed E-state index contributed by atoms with van der Waals surface area (Å²) in [6, 6.07) is 4.15. The van der Waals surface area contributed by atoms with Crippen molar-refractivity contribution in [3.63, 3.8) is 0 Å². The lowest BCUT2D eigenvalue weighted by Crippen LogP contribution is -2.11. The third kappa shape index (κ3) is 4.53. The van der Waals surface area contributed by atoms with Gasteiger partial charge in [0, 0.05) is 11.6 Å². The lowest BCUT2D eigenvalue weighted by atomic mass is 10.1. The number of rotatable bonds is 5. The van der Waals surface area contributed by atoms with Crippen molar-refractivity contribution < 1.29 is 28.2 Å². The number of hydrogen-bond acceptors (Lipinski definition) is 6. The Morgan fingerprint density at radius 3 is 2.44 bits per heavy atom. The second-order valence-electron chi connectivity index (χ2n) is 5.20. The predicted octanol–water partition coefficient (Wildman–Crippen LogP) is 4.07. The Kier molecular flexibility index (Phi) is 6.70. The first-order valence-corrected chi connectivity index (χ1v) is 8.72. The molecule has 1 aromatic heterocycles. The van der Waals surface area contributed by atoms with Crippen molar-refractivity contribution in [2.45, 2.75) is 6.92 Å². The fourth-order valence-corrected chi connectivity index (χ4v) is 3.56. The fourth-order valence-electron chi connectivity index (χ4n) is 2.22. The van der Waals surface area contributed by atoms with Crippen molar-refractivity contribution in [3.05, 3.63) is 56.7 Å². The van der Waals surface area contributed by atoms with Gasteiger partial charge in [-0.2, -0.15) is 0 Å². The number of carbonyl (C=O) groups is 3. The quantitative estimate of drug-likeness (QED) is 0.592. The zero-order valence-corrected chi connectivity index (χ0v) is 16.2. The fraction of sp³-hybridized carbons (Fsp3) is 0.167. The summed E-state index contributed by atoms with van der Waals surface area (Å²) in [5.41, 5.74) is 0.434. The molecular formula is C18H15ClFNO5S. The maximum Gasteiger partial charge on any atom is 0.348 e. The van der Waals surface area contributed by atoms with Crippen LogP contribution in [-0.2, 0) is 14.3 Å². The summed E-state index contributed by atoms with van der Waals surface area (Å²) >= 11 is 6.78. The number of hydrogen-bond donors (Lipinski definition) is 1. The Morgan fingerprint density at radius 2 is 1.85 bits per heavy atom. The molecule has 0 aliphatic heterocycles.